The monoisotopic (exact) mass is 244 g/mol. The zero-order chi connectivity index (χ0) is 13.1. The maximum absolute atomic E-state index is 11.3. The predicted octanol–water partition coefficient (Wildman–Crippen LogP) is -0.293. The lowest BCUT2D eigenvalue weighted by Gasteiger charge is -2.11. The number of nitrogens with zero attached hydrogens (tertiary/aromatic N) is 1. The van der Waals surface area contributed by atoms with Crippen molar-refractivity contribution in [1.82, 2.24) is 5.32 Å². The molecule has 0 unspecified atom stereocenters. The van der Waals surface area contributed by atoms with Gasteiger partial charge in [-0.05, 0) is 6.42 Å². The van der Waals surface area contributed by atoms with Gasteiger partial charge in [0, 0.05) is 13.0 Å². The Kier molecular flexibility index (Phi) is 9.14. The first-order chi connectivity index (χ1) is 8.06. The number of rotatable bonds is 9. The van der Waals surface area contributed by atoms with E-state index >= 15 is 0 Å². The molecule has 0 fully saturated rings. The summed E-state index contributed by atoms with van der Waals surface area (Å²) in [6.45, 7) is 2.68. The molecule has 6 heteroatoms. The Bertz CT molecular complexity index is 240. The average Bonchev–Trinajstić information content (AvgIpc) is 2.26. The Morgan fingerprint density at radius 2 is 2.12 bits per heavy atom. The summed E-state index contributed by atoms with van der Waals surface area (Å²) in [6.07, 6.45) is 3.71. The molecule has 17 heavy (non-hydrogen) atoms. The van der Waals surface area contributed by atoms with E-state index in [2.05, 4.69) is 17.2 Å². The maximum atomic E-state index is 11.3. The first-order valence-electron chi connectivity index (χ1n) is 6.06. The van der Waals surface area contributed by atoms with E-state index < -0.39 is 6.10 Å². The van der Waals surface area contributed by atoms with Crippen LogP contribution in [0.5, 0.6) is 0 Å². The predicted molar refractivity (Wildman–Crippen MR) is 68.5 cm³/mol. The van der Waals surface area contributed by atoms with E-state index in [1.54, 1.807) is 0 Å². The van der Waals surface area contributed by atoms with Crippen LogP contribution in [0.3, 0.4) is 0 Å². The Hall–Kier alpha value is -1.30. The van der Waals surface area contributed by atoms with Gasteiger partial charge in [0.05, 0.1) is 12.6 Å². The average molecular weight is 244 g/mol. The van der Waals surface area contributed by atoms with Gasteiger partial charge < -0.3 is 21.9 Å². The second-order valence-corrected chi connectivity index (χ2v) is 4.01. The first kappa shape index (κ1) is 15.7. The minimum Gasteiger partial charge on any atom is -0.391 e. The third-order valence-corrected chi connectivity index (χ3v) is 2.31. The van der Waals surface area contributed by atoms with Crippen molar-refractivity contribution in [2.45, 2.75) is 45.1 Å². The standard InChI is InChI=1S/C11H24N4O2/c1-2-3-4-5-9(16)8-15-10(17)6-7-14-11(12)13/h9,16H,2-8H2,1H3,(H,15,17)(H4,12,13,14)/t9-/m0/s1. The van der Waals surface area contributed by atoms with Crippen molar-refractivity contribution in [1.29, 1.82) is 0 Å². The molecule has 100 valence electrons. The van der Waals surface area contributed by atoms with Gasteiger partial charge in [0.25, 0.3) is 0 Å². The summed E-state index contributed by atoms with van der Waals surface area (Å²) >= 11 is 0. The van der Waals surface area contributed by atoms with Crippen LogP contribution in [0.4, 0.5) is 0 Å². The first-order valence-corrected chi connectivity index (χ1v) is 6.06. The highest BCUT2D eigenvalue weighted by atomic mass is 16.3. The number of aliphatic hydroxyl groups excluding tert-OH is 1. The molecule has 0 aromatic rings. The molecule has 0 radical (unpaired) electrons. The van der Waals surface area contributed by atoms with Gasteiger partial charge in [0.2, 0.25) is 5.91 Å². The third kappa shape index (κ3) is 11.0. The number of carbonyl (C=O) groups is 1. The number of aliphatic imine (C=N–C) groups is 1. The lowest BCUT2D eigenvalue weighted by Crippen LogP contribution is -2.32. The van der Waals surface area contributed by atoms with Gasteiger partial charge in [0.1, 0.15) is 0 Å². The molecule has 0 aromatic heterocycles. The Labute approximate surface area is 102 Å². The van der Waals surface area contributed by atoms with Gasteiger partial charge >= 0.3 is 0 Å². The molecule has 0 saturated carbocycles. The Balaban J connectivity index is 3.52. The van der Waals surface area contributed by atoms with Crippen LogP contribution in [0, 0.1) is 0 Å². The molecule has 0 heterocycles. The van der Waals surface area contributed by atoms with Gasteiger partial charge in [-0.1, -0.05) is 26.2 Å². The summed E-state index contributed by atoms with van der Waals surface area (Å²) in [5.74, 6) is -0.165. The largest absolute Gasteiger partial charge is 0.391 e. The van der Waals surface area contributed by atoms with Crippen LogP contribution in [-0.2, 0) is 4.79 Å². The van der Waals surface area contributed by atoms with Crippen molar-refractivity contribution in [3.63, 3.8) is 0 Å². The molecule has 0 aromatic carbocycles. The number of guanidine groups is 1. The van der Waals surface area contributed by atoms with Gasteiger partial charge in [-0.25, -0.2) is 0 Å². The summed E-state index contributed by atoms with van der Waals surface area (Å²) in [7, 11) is 0. The molecule has 6 N–H and O–H groups in total. The number of hydrogen-bond donors (Lipinski definition) is 4. The molecule has 0 aliphatic carbocycles. The molecule has 0 aliphatic heterocycles. The van der Waals surface area contributed by atoms with E-state index in [0.29, 0.717) is 6.54 Å². The highest BCUT2D eigenvalue weighted by Gasteiger charge is 2.06. The van der Waals surface area contributed by atoms with Crippen LogP contribution >= 0.6 is 0 Å². The number of nitrogens with two attached hydrogens (primary N) is 2. The van der Waals surface area contributed by atoms with Crippen molar-refractivity contribution >= 4 is 11.9 Å². The second-order valence-electron chi connectivity index (χ2n) is 4.01. The molecule has 0 aliphatic rings. The molecular formula is C11H24N4O2. The summed E-state index contributed by atoms with van der Waals surface area (Å²) in [5, 5.41) is 12.2. The summed E-state index contributed by atoms with van der Waals surface area (Å²) in [6, 6.07) is 0. The molecule has 0 spiro atoms. The lowest BCUT2D eigenvalue weighted by molar-refractivity contribution is -0.121. The molecule has 1 amide bonds. The van der Waals surface area contributed by atoms with E-state index in [1.165, 1.54) is 0 Å². The van der Waals surface area contributed by atoms with Crippen LogP contribution in [0.15, 0.2) is 4.99 Å². The highest BCUT2D eigenvalue weighted by Crippen LogP contribution is 2.02. The maximum Gasteiger partial charge on any atom is 0.221 e. The fraction of sp³-hybridized carbons (Fsp3) is 0.818. The highest BCUT2D eigenvalue weighted by molar-refractivity contribution is 5.78. The van der Waals surface area contributed by atoms with Crippen LogP contribution < -0.4 is 16.8 Å². The number of unbranched alkanes of at least 4 members (excludes halogenated alkanes) is 2. The van der Waals surface area contributed by atoms with Gasteiger partial charge in [0.15, 0.2) is 5.96 Å². The molecule has 0 rings (SSSR count). The number of hydrogen-bond acceptors (Lipinski definition) is 3. The van der Waals surface area contributed by atoms with Crippen molar-refractivity contribution in [2.24, 2.45) is 16.5 Å². The van der Waals surface area contributed by atoms with Crippen molar-refractivity contribution in [3.05, 3.63) is 0 Å². The van der Waals surface area contributed by atoms with E-state index in [4.69, 9.17) is 11.5 Å². The minimum atomic E-state index is -0.464. The molecular weight excluding hydrogens is 220 g/mol. The van der Waals surface area contributed by atoms with E-state index in [-0.39, 0.29) is 24.8 Å². The van der Waals surface area contributed by atoms with E-state index in [0.717, 1.165) is 25.7 Å². The van der Waals surface area contributed by atoms with Crippen LogP contribution in [0.25, 0.3) is 0 Å². The number of amides is 1. The van der Waals surface area contributed by atoms with Crippen molar-refractivity contribution < 1.29 is 9.90 Å². The number of nitrogens with one attached hydrogen (secondary N) is 1. The smallest absolute Gasteiger partial charge is 0.221 e. The van der Waals surface area contributed by atoms with E-state index in [9.17, 15) is 9.90 Å². The topological polar surface area (TPSA) is 114 Å². The molecule has 0 saturated heterocycles. The SMILES string of the molecule is CCCCC[C@H](O)CNC(=O)CCN=C(N)N. The quantitative estimate of drug-likeness (QED) is 0.253. The third-order valence-electron chi connectivity index (χ3n) is 2.31. The number of aliphatic hydroxyl groups is 1. The normalized spacial score (nSPS) is 11.9. The molecule has 6 nitrogen and oxygen atoms in total. The molecule has 1 atom stereocenters. The van der Waals surface area contributed by atoms with Crippen LogP contribution in [0.2, 0.25) is 0 Å². The second kappa shape index (κ2) is 9.89. The van der Waals surface area contributed by atoms with E-state index in [1.807, 2.05) is 0 Å². The van der Waals surface area contributed by atoms with Gasteiger partial charge in [-0.2, -0.15) is 0 Å². The van der Waals surface area contributed by atoms with Crippen molar-refractivity contribution in [3.8, 4) is 0 Å². The number of carbonyl (C=O) groups excluding carboxylic acids is 1. The lowest BCUT2D eigenvalue weighted by atomic mass is 10.1. The summed E-state index contributed by atoms with van der Waals surface area (Å²) in [4.78, 5) is 15.0. The Morgan fingerprint density at radius 1 is 1.41 bits per heavy atom. The van der Waals surface area contributed by atoms with Gasteiger partial charge in [-0.3, -0.25) is 9.79 Å². The fourth-order valence-electron chi connectivity index (χ4n) is 1.34. The van der Waals surface area contributed by atoms with Crippen LogP contribution in [-0.4, -0.2) is 36.2 Å². The fourth-order valence-corrected chi connectivity index (χ4v) is 1.34. The zero-order valence-corrected chi connectivity index (χ0v) is 10.5. The zero-order valence-electron chi connectivity index (χ0n) is 10.5. The Morgan fingerprint density at radius 3 is 2.71 bits per heavy atom. The summed E-state index contributed by atoms with van der Waals surface area (Å²) in [5.41, 5.74) is 10.2. The summed E-state index contributed by atoms with van der Waals surface area (Å²) < 4.78 is 0. The molecule has 0 bridgehead atoms. The minimum absolute atomic E-state index is 0.0163. The van der Waals surface area contributed by atoms with Gasteiger partial charge in [-0.15, -0.1) is 0 Å². The van der Waals surface area contributed by atoms with Crippen LogP contribution in [0.1, 0.15) is 39.0 Å². The van der Waals surface area contributed by atoms with Crippen molar-refractivity contribution in [2.75, 3.05) is 13.1 Å².